The molecular formula is C14H13ClO2. The first-order chi connectivity index (χ1) is 8.27. The number of halogens is 1. The Labute approximate surface area is 106 Å². The predicted octanol–water partition coefficient (Wildman–Crippen LogP) is 4.02. The van der Waals surface area contributed by atoms with Gasteiger partial charge in [-0.1, -0.05) is 41.9 Å². The molecule has 0 aliphatic rings. The molecule has 0 radical (unpaired) electrons. The first-order valence-corrected chi connectivity index (χ1v) is 5.61. The molecule has 17 heavy (non-hydrogen) atoms. The highest BCUT2D eigenvalue weighted by Gasteiger charge is 2.13. The molecule has 0 N–H and O–H groups in total. The molecule has 2 aromatic carbocycles. The van der Waals surface area contributed by atoms with E-state index in [0.29, 0.717) is 16.5 Å². The number of hydrogen-bond acceptors (Lipinski definition) is 2. The third-order valence-electron chi connectivity index (χ3n) is 2.57. The normalized spacial score (nSPS) is 10.1. The molecule has 0 saturated heterocycles. The Morgan fingerprint density at radius 1 is 0.882 bits per heavy atom. The Hall–Kier alpha value is -1.67. The molecule has 2 nitrogen and oxygen atoms in total. The summed E-state index contributed by atoms with van der Waals surface area (Å²) >= 11 is 6.32. The Balaban J connectivity index is 2.57. The highest BCUT2D eigenvalue weighted by Crippen LogP contribution is 2.41. The minimum atomic E-state index is 0.565. The van der Waals surface area contributed by atoms with Crippen molar-refractivity contribution in [2.45, 2.75) is 0 Å². The van der Waals surface area contributed by atoms with Gasteiger partial charge in [0.05, 0.1) is 19.2 Å². The third kappa shape index (κ3) is 2.22. The van der Waals surface area contributed by atoms with Crippen LogP contribution in [0.15, 0.2) is 42.5 Å². The van der Waals surface area contributed by atoms with Gasteiger partial charge in [0.2, 0.25) is 0 Å². The Morgan fingerprint density at radius 3 is 2.18 bits per heavy atom. The maximum atomic E-state index is 6.32. The maximum absolute atomic E-state index is 6.32. The first kappa shape index (κ1) is 11.8. The first-order valence-electron chi connectivity index (χ1n) is 5.24. The van der Waals surface area contributed by atoms with E-state index in [1.165, 1.54) is 0 Å². The summed E-state index contributed by atoms with van der Waals surface area (Å²) in [5, 5.41) is 0.568. The Bertz CT molecular complexity index is 509. The van der Waals surface area contributed by atoms with Crippen molar-refractivity contribution in [3.8, 4) is 22.6 Å². The second-order valence-electron chi connectivity index (χ2n) is 3.53. The van der Waals surface area contributed by atoms with Gasteiger partial charge in [0, 0.05) is 5.56 Å². The zero-order valence-electron chi connectivity index (χ0n) is 9.74. The van der Waals surface area contributed by atoms with Crippen LogP contribution < -0.4 is 9.47 Å². The summed E-state index contributed by atoms with van der Waals surface area (Å²) in [5.74, 6) is 1.20. The lowest BCUT2D eigenvalue weighted by molar-refractivity contribution is 0.355. The molecular weight excluding hydrogens is 236 g/mol. The van der Waals surface area contributed by atoms with Gasteiger partial charge < -0.3 is 9.47 Å². The molecule has 3 heteroatoms. The standard InChI is InChI=1S/C14H13ClO2/c1-16-12-9-8-11(13(15)14(12)17-2)10-6-4-3-5-7-10/h3-9H,1-2H3. The monoisotopic (exact) mass is 248 g/mol. The molecule has 2 aromatic rings. The van der Waals surface area contributed by atoms with E-state index in [-0.39, 0.29) is 0 Å². The van der Waals surface area contributed by atoms with E-state index in [1.54, 1.807) is 14.2 Å². The summed E-state index contributed by atoms with van der Waals surface area (Å²) in [7, 11) is 3.18. The largest absolute Gasteiger partial charge is 0.493 e. The molecule has 88 valence electrons. The smallest absolute Gasteiger partial charge is 0.180 e. The second-order valence-corrected chi connectivity index (χ2v) is 3.91. The van der Waals surface area contributed by atoms with E-state index in [0.717, 1.165) is 11.1 Å². The van der Waals surface area contributed by atoms with Crippen LogP contribution in [0.2, 0.25) is 5.02 Å². The van der Waals surface area contributed by atoms with E-state index < -0.39 is 0 Å². The molecule has 0 saturated carbocycles. The molecule has 0 bridgehead atoms. The van der Waals surface area contributed by atoms with Crippen molar-refractivity contribution in [2.75, 3.05) is 14.2 Å². The lowest BCUT2D eigenvalue weighted by atomic mass is 10.1. The van der Waals surface area contributed by atoms with E-state index >= 15 is 0 Å². The van der Waals surface area contributed by atoms with Crippen LogP contribution in [0.25, 0.3) is 11.1 Å². The Kier molecular flexibility index (Phi) is 3.55. The zero-order valence-corrected chi connectivity index (χ0v) is 10.5. The fraction of sp³-hybridized carbons (Fsp3) is 0.143. The van der Waals surface area contributed by atoms with Gasteiger partial charge in [-0.25, -0.2) is 0 Å². The molecule has 0 amide bonds. The average Bonchev–Trinajstić information content (AvgIpc) is 2.39. The Morgan fingerprint density at radius 2 is 1.59 bits per heavy atom. The van der Waals surface area contributed by atoms with E-state index in [1.807, 2.05) is 42.5 Å². The molecule has 0 aliphatic carbocycles. The van der Waals surface area contributed by atoms with Gasteiger partial charge in [-0.3, -0.25) is 0 Å². The van der Waals surface area contributed by atoms with Gasteiger partial charge in [-0.05, 0) is 17.7 Å². The molecule has 0 unspecified atom stereocenters. The van der Waals surface area contributed by atoms with Crippen molar-refractivity contribution in [3.05, 3.63) is 47.5 Å². The molecule has 0 spiro atoms. The number of methoxy groups -OCH3 is 2. The molecule has 0 aliphatic heterocycles. The quantitative estimate of drug-likeness (QED) is 0.817. The van der Waals surface area contributed by atoms with Crippen LogP contribution in [0.1, 0.15) is 0 Å². The van der Waals surface area contributed by atoms with Gasteiger partial charge >= 0.3 is 0 Å². The lowest BCUT2D eigenvalue weighted by Crippen LogP contribution is -1.92. The molecule has 0 atom stereocenters. The second kappa shape index (κ2) is 5.11. The van der Waals surface area contributed by atoms with Gasteiger partial charge in [0.25, 0.3) is 0 Å². The minimum Gasteiger partial charge on any atom is -0.493 e. The maximum Gasteiger partial charge on any atom is 0.180 e. The van der Waals surface area contributed by atoms with Gasteiger partial charge in [-0.15, -0.1) is 0 Å². The van der Waals surface area contributed by atoms with Crippen LogP contribution in [0.4, 0.5) is 0 Å². The van der Waals surface area contributed by atoms with Crippen LogP contribution in [-0.2, 0) is 0 Å². The van der Waals surface area contributed by atoms with Crippen LogP contribution in [-0.4, -0.2) is 14.2 Å². The topological polar surface area (TPSA) is 18.5 Å². The molecule has 0 aromatic heterocycles. The van der Waals surface area contributed by atoms with Crippen molar-refractivity contribution in [3.63, 3.8) is 0 Å². The summed E-state index contributed by atoms with van der Waals surface area (Å²) in [6.07, 6.45) is 0. The van der Waals surface area contributed by atoms with Crippen LogP contribution >= 0.6 is 11.6 Å². The van der Waals surface area contributed by atoms with Crippen molar-refractivity contribution in [1.82, 2.24) is 0 Å². The SMILES string of the molecule is COc1ccc(-c2ccccc2)c(Cl)c1OC. The fourth-order valence-electron chi connectivity index (χ4n) is 1.73. The van der Waals surface area contributed by atoms with Crippen molar-refractivity contribution < 1.29 is 9.47 Å². The van der Waals surface area contributed by atoms with Crippen LogP contribution in [0.5, 0.6) is 11.5 Å². The third-order valence-corrected chi connectivity index (χ3v) is 2.95. The van der Waals surface area contributed by atoms with Gasteiger partial charge in [0.15, 0.2) is 11.5 Å². The fourth-order valence-corrected chi connectivity index (χ4v) is 2.07. The van der Waals surface area contributed by atoms with Crippen molar-refractivity contribution in [1.29, 1.82) is 0 Å². The number of hydrogen-bond donors (Lipinski definition) is 0. The number of ether oxygens (including phenoxy) is 2. The summed E-state index contributed by atoms with van der Waals surface area (Å²) in [5.41, 5.74) is 1.99. The number of benzene rings is 2. The van der Waals surface area contributed by atoms with Crippen LogP contribution in [0, 0.1) is 0 Å². The van der Waals surface area contributed by atoms with E-state index in [2.05, 4.69) is 0 Å². The van der Waals surface area contributed by atoms with Crippen LogP contribution in [0.3, 0.4) is 0 Å². The van der Waals surface area contributed by atoms with Crippen molar-refractivity contribution in [2.24, 2.45) is 0 Å². The lowest BCUT2D eigenvalue weighted by Gasteiger charge is -2.12. The highest BCUT2D eigenvalue weighted by atomic mass is 35.5. The predicted molar refractivity (Wildman–Crippen MR) is 70.0 cm³/mol. The molecule has 2 rings (SSSR count). The average molecular weight is 249 g/mol. The summed E-state index contributed by atoms with van der Waals surface area (Å²) < 4.78 is 10.5. The van der Waals surface area contributed by atoms with Gasteiger partial charge in [-0.2, -0.15) is 0 Å². The van der Waals surface area contributed by atoms with Crippen molar-refractivity contribution >= 4 is 11.6 Å². The highest BCUT2D eigenvalue weighted by molar-refractivity contribution is 6.35. The van der Waals surface area contributed by atoms with Gasteiger partial charge in [0.1, 0.15) is 0 Å². The summed E-state index contributed by atoms with van der Waals surface area (Å²) in [4.78, 5) is 0. The van der Waals surface area contributed by atoms with E-state index in [9.17, 15) is 0 Å². The molecule has 0 fully saturated rings. The summed E-state index contributed by atoms with van der Waals surface area (Å²) in [6, 6.07) is 13.7. The zero-order chi connectivity index (χ0) is 12.3. The number of rotatable bonds is 3. The summed E-state index contributed by atoms with van der Waals surface area (Å²) in [6.45, 7) is 0. The molecule has 0 heterocycles. The van der Waals surface area contributed by atoms with E-state index in [4.69, 9.17) is 21.1 Å². The minimum absolute atomic E-state index is 0.565.